The predicted molar refractivity (Wildman–Crippen MR) is 114 cm³/mol. The minimum atomic E-state index is -0.609. The monoisotopic (exact) mass is 413 g/mol. The van der Waals surface area contributed by atoms with Crippen LogP contribution in [0.15, 0.2) is 23.6 Å². The van der Waals surface area contributed by atoms with Gasteiger partial charge < -0.3 is 9.64 Å². The van der Waals surface area contributed by atoms with Crippen molar-refractivity contribution >= 4 is 28.8 Å². The molecule has 0 spiro atoms. The van der Waals surface area contributed by atoms with Gasteiger partial charge in [0.05, 0.1) is 16.4 Å². The van der Waals surface area contributed by atoms with Gasteiger partial charge in [0.15, 0.2) is 6.10 Å². The number of ether oxygens (including phenoxy) is 1. The predicted octanol–water partition coefficient (Wildman–Crippen LogP) is 4.02. The number of nitrogens with zero attached hydrogens (tertiary/aromatic N) is 3. The summed E-state index contributed by atoms with van der Waals surface area (Å²) in [5.41, 5.74) is 2.42. The molecule has 0 N–H and O–H groups in total. The third-order valence-corrected chi connectivity index (χ3v) is 6.66. The highest BCUT2D eigenvalue weighted by molar-refractivity contribution is 7.09. The van der Waals surface area contributed by atoms with Crippen LogP contribution in [-0.2, 0) is 9.59 Å². The number of aryl methyl sites for hydroxylation is 1. The first-order chi connectivity index (χ1) is 13.9. The average Bonchev–Trinajstić information content (AvgIpc) is 3.17. The van der Waals surface area contributed by atoms with E-state index < -0.39 is 6.10 Å². The lowest BCUT2D eigenvalue weighted by Gasteiger charge is -2.36. The Morgan fingerprint density at radius 3 is 2.76 bits per heavy atom. The van der Waals surface area contributed by atoms with Crippen molar-refractivity contribution in [3.8, 4) is 17.0 Å². The van der Waals surface area contributed by atoms with Crippen molar-refractivity contribution in [1.29, 1.82) is 0 Å². The summed E-state index contributed by atoms with van der Waals surface area (Å²) in [5, 5.41) is 2.98. The van der Waals surface area contributed by atoms with Gasteiger partial charge >= 0.3 is 0 Å². The summed E-state index contributed by atoms with van der Waals surface area (Å²) in [7, 11) is 1.86. The van der Waals surface area contributed by atoms with Crippen molar-refractivity contribution in [1.82, 2.24) is 9.88 Å². The number of rotatable bonds is 4. The molecule has 29 heavy (non-hydrogen) atoms. The molecule has 1 aliphatic heterocycles. The lowest BCUT2D eigenvalue weighted by Crippen LogP contribution is -2.50. The number of carbonyl (C=O) groups is 2. The normalized spacial score (nSPS) is 19.6. The number of amides is 2. The second kappa shape index (κ2) is 8.14. The summed E-state index contributed by atoms with van der Waals surface area (Å²) in [4.78, 5) is 33.9. The van der Waals surface area contributed by atoms with Crippen LogP contribution in [0.5, 0.6) is 5.75 Å². The van der Waals surface area contributed by atoms with Crippen molar-refractivity contribution in [2.75, 3.05) is 18.5 Å². The van der Waals surface area contributed by atoms with E-state index in [1.54, 1.807) is 23.2 Å². The second-order valence-electron chi connectivity index (χ2n) is 7.92. The quantitative estimate of drug-likeness (QED) is 0.759. The Kier molecular flexibility index (Phi) is 5.58. The maximum atomic E-state index is 13.0. The molecule has 4 rings (SSSR count). The zero-order valence-corrected chi connectivity index (χ0v) is 18.0. The highest BCUT2D eigenvalue weighted by atomic mass is 32.1. The smallest absolute Gasteiger partial charge is 0.268 e. The van der Waals surface area contributed by atoms with Gasteiger partial charge in [-0.15, -0.1) is 11.3 Å². The van der Waals surface area contributed by atoms with Crippen LogP contribution in [0.2, 0.25) is 0 Å². The molecule has 1 unspecified atom stereocenters. The second-order valence-corrected chi connectivity index (χ2v) is 8.98. The Morgan fingerprint density at radius 1 is 1.31 bits per heavy atom. The number of benzene rings is 1. The van der Waals surface area contributed by atoms with E-state index in [9.17, 15) is 9.59 Å². The largest absolute Gasteiger partial charge is 0.479 e. The van der Waals surface area contributed by atoms with Crippen LogP contribution in [0.4, 0.5) is 5.69 Å². The molecule has 0 radical (unpaired) electrons. The van der Waals surface area contributed by atoms with Gasteiger partial charge in [0, 0.05) is 24.0 Å². The zero-order chi connectivity index (χ0) is 20.5. The highest BCUT2D eigenvalue weighted by Crippen LogP contribution is 2.38. The summed E-state index contributed by atoms with van der Waals surface area (Å²) in [6.07, 6.45) is 5.04. The van der Waals surface area contributed by atoms with Gasteiger partial charge in [-0.2, -0.15) is 0 Å². The first-order valence-corrected chi connectivity index (χ1v) is 11.1. The molecular formula is C22H27N3O3S. The molecule has 154 valence electrons. The van der Waals surface area contributed by atoms with E-state index in [0.717, 1.165) is 41.9 Å². The molecule has 1 aliphatic carbocycles. The molecule has 2 aliphatic rings. The average molecular weight is 414 g/mol. The Morgan fingerprint density at radius 2 is 2.07 bits per heavy atom. The van der Waals surface area contributed by atoms with Crippen LogP contribution in [-0.4, -0.2) is 47.4 Å². The zero-order valence-electron chi connectivity index (χ0n) is 17.2. The van der Waals surface area contributed by atoms with Gasteiger partial charge in [-0.1, -0.05) is 19.3 Å². The minimum absolute atomic E-state index is 0.0276. The van der Waals surface area contributed by atoms with Crippen LogP contribution in [0.1, 0.15) is 44.0 Å². The van der Waals surface area contributed by atoms with Crippen molar-refractivity contribution in [3.05, 3.63) is 28.6 Å². The molecule has 1 saturated carbocycles. The maximum Gasteiger partial charge on any atom is 0.268 e. The summed E-state index contributed by atoms with van der Waals surface area (Å²) in [6.45, 7) is 3.73. The third kappa shape index (κ3) is 4.01. The van der Waals surface area contributed by atoms with Gasteiger partial charge in [-0.25, -0.2) is 4.98 Å². The van der Waals surface area contributed by atoms with Crippen molar-refractivity contribution < 1.29 is 14.3 Å². The molecule has 0 saturated heterocycles. The van der Waals surface area contributed by atoms with E-state index in [0.29, 0.717) is 11.4 Å². The molecule has 1 fully saturated rings. The summed E-state index contributed by atoms with van der Waals surface area (Å²) in [5.74, 6) is 0.413. The Labute approximate surface area is 175 Å². The number of aromatic nitrogens is 1. The molecule has 1 aromatic carbocycles. The Hall–Kier alpha value is -2.41. The SMILES string of the molecule is Cc1nc(-c2ccc3c(c2)N(CC(=O)N(C)C2CCCCC2)C(=O)C(C)O3)cs1. The van der Waals surface area contributed by atoms with Crippen LogP contribution in [0, 0.1) is 6.92 Å². The van der Waals surface area contributed by atoms with Crippen LogP contribution in [0.3, 0.4) is 0 Å². The minimum Gasteiger partial charge on any atom is -0.479 e. The van der Waals surface area contributed by atoms with Crippen LogP contribution in [0.25, 0.3) is 11.3 Å². The van der Waals surface area contributed by atoms with E-state index in [1.807, 2.05) is 42.5 Å². The fraction of sp³-hybridized carbons (Fsp3) is 0.500. The standard InChI is InChI=1S/C22H27N3O3S/c1-14-22(27)25(12-21(26)24(3)17-7-5-4-6-8-17)19-11-16(9-10-20(19)28-14)18-13-29-15(2)23-18/h9-11,13-14,17H,4-8,12H2,1-3H3. The van der Waals surface area contributed by atoms with Gasteiger partial charge in [-0.05, 0) is 44.9 Å². The van der Waals surface area contributed by atoms with E-state index in [4.69, 9.17) is 4.74 Å². The number of anilines is 1. The Balaban J connectivity index is 1.61. The molecule has 2 heterocycles. The molecule has 7 heteroatoms. The first kappa shape index (κ1) is 19.9. The maximum absolute atomic E-state index is 13.0. The summed E-state index contributed by atoms with van der Waals surface area (Å²) in [6, 6.07) is 5.99. The topological polar surface area (TPSA) is 62.7 Å². The number of likely N-dealkylation sites (N-methyl/N-ethyl adjacent to an activating group) is 1. The van der Waals surface area contributed by atoms with E-state index >= 15 is 0 Å². The molecule has 6 nitrogen and oxygen atoms in total. The fourth-order valence-electron chi connectivity index (χ4n) is 4.14. The van der Waals surface area contributed by atoms with Crippen LogP contribution < -0.4 is 9.64 Å². The highest BCUT2D eigenvalue weighted by Gasteiger charge is 2.34. The lowest BCUT2D eigenvalue weighted by molar-refractivity contribution is -0.134. The lowest BCUT2D eigenvalue weighted by atomic mass is 9.94. The Bertz CT molecular complexity index is 920. The van der Waals surface area contributed by atoms with Crippen molar-refractivity contribution in [3.63, 3.8) is 0 Å². The number of hydrogen-bond acceptors (Lipinski definition) is 5. The molecular weight excluding hydrogens is 386 g/mol. The number of hydrogen-bond donors (Lipinski definition) is 0. The molecule has 2 aromatic rings. The van der Waals surface area contributed by atoms with Gasteiger partial charge in [0.25, 0.3) is 5.91 Å². The third-order valence-electron chi connectivity index (χ3n) is 5.89. The first-order valence-electron chi connectivity index (χ1n) is 10.2. The van der Waals surface area contributed by atoms with E-state index in [1.165, 1.54) is 6.42 Å². The molecule has 2 amide bonds. The van der Waals surface area contributed by atoms with Crippen LogP contribution >= 0.6 is 11.3 Å². The van der Waals surface area contributed by atoms with Gasteiger partial charge in [0.2, 0.25) is 5.91 Å². The fourth-order valence-corrected chi connectivity index (χ4v) is 4.77. The van der Waals surface area contributed by atoms with E-state index in [-0.39, 0.29) is 24.4 Å². The van der Waals surface area contributed by atoms with Gasteiger partial charge in [-0.3, -0.25) is 14.5 Å². The van der Waals surface area contributed by atoms with Crippen molar-refractivity contribution in [2.45, 2.75) is 58.1 Å². The van der Waals surface area contributed by atoms with Crippen molar-refractivity contribution in [2.24, 2.45) is 0 Å². The number of thiazole rings is 1. The summed E-state index contributed by atoms with van der Waals surface area (Å²) >= 11 is 1.59. The van der Waals surface area contributed by atoms with Gasteiger partial charge in [0.1, 0.15) is 12.3 Å². The molecule has 0 bridgehead atoms. The van der Waals surface area contributed by atoms with E-state index in [2.05, 4.69) is 4.98 Å². The summed E-state index contributed by atoms with van der Waals surface area (Å²) < 4.78 is 5.79. The molecule has 1 aromatic heterocycles. The number of fused-ring (bicyclic) bond motifs is 1. The molecule has 1 atom stereocenters. The number of carbonyl (C=O) groups excluding carboxylic acids is 2.